The molecular formula is C15H12N. The maximum Gasteiger partial charge on any atom is 0.0357 e. The third-order valence-electron chi connectivity index (χ3n) is 3.07. The number of rotatable bonds is 1. The molecule has 1 radical (unpaired) electrons. The van der Waals surface area contributed by atoms with Gasteiger partial charge < -0.3 is 0 Å². The Balaban J connectivity index is 2.52. The van der Waals surface area contributed by atoms with E-state index in [-0.39, 0.29) is 0 Å². The van der Waals surface area contributed by atoms with Crippen LogP contribution in [0.1, 0.15) is 5.56 Å². The summed E-state index contributed by atoms with van der Waals surface area (Å²) in [6.45, 7) is 0.343. The molecule has 0 atom stereocenters. The average Bonchev–Trinajstić information content (AvgIpc) is 2.37. The van der Waals surface area contributed by atoms with Gasteiger partial charge in [0.25, 0.3) is 0 Å². The molecule has 77 valence electrons. The van der Waals surface area contributed by atoms with E-state index in [4.69, 9.17) is 5.73 Å². The van der Waals surface area contributed by atoms with Gasteiger partial charge in [-0.05, 0) is 27.1 Å². The topological polar surface area (TPSA) is 23.8 Å². The van der Waals surface area contributed by atoms with Crippen LogP contribution < -0.4 is 5.73 Å². The van der Waals surface area contributed by atoms with Crippen LogP contribution >= 0.6 is 0 Å². The van der Waals surface area contributed by atoms with E-state index in [1.165, 1.54) is 21.5 Å². The minimum absolute atomic E-state index is 0.343. The molecule has 3 rings (SSSR count). The Kier molecular flexibility index (Phi) is 2.12. The second-order valence-corrected chi connectivity index (χ2v) is 3.98. The average molecular weight is 206 g/mol. The van der Waals surface area contributed by atoms with Crippen LogP contribution in [-0.2, 0) is 6.54 Å². The molecule has 3 aromatic rings. The van der Waals surface area contributed by atoms with E-state index in [0.29, 0.717) is 6.54 Å². The van der Waals surface area contributed by atoms with Crippen molar-refractivity contribution in [2.75, 3.05) is 0 Å². The van der Waals surface area contributed by atoms with Crippen LogP contribution in [0, 0.1) is 0 Å². The van der Waals surface area contributed by atoms with Crippen molar-refractivity contribution in [2.45, 2.75) is 6.54 Å². The lowest BCUT2D eigenvalue weighted by atomic mass is 9.98. The molecule has 0 aliphatic rings. The summed E-state index contributed by atoms with van der Waals surface area (Å²) in [6.07, 6.45) is 0. The summed E-state index contributed by atoms with van der Waals surface area (Å²) >= 11 is 0. The molecule has 0 aliphatic carbocycles. The number of nitrogens with one attached hydrogen (secondary N) is 1. The van der Waals surface area contributed by atoms with Crippen molar-refractivity contribution in [3.8, 4) is 0 Å². The van der Waals surface area contributed by atoms with Crippen LogP contribution in [0.25, 0.3) is 21.5 Å². The lowest BCUT2D eigenvalue weighted by molar-refractivity contribution is 1.04. The third-order valence-corrected chi connectivity index (χ3v) is 3.07. The summed E-state index contributed by atoms with van der Waals surface area (Å²) in [5.74, 6) is 0. The fourth-order valence-electron chi connectivity index (χ4n) is 2.26. The Morgan fingerprint density at radius 1 is 0.688 bits per heavy atom. The van der Waals surface area contributed by atoms with Crippen LogP contribution in [0.4, 0.5) is 0 Å². The molecule has 0 unspecified atom stereocenters. The van der Waals surface area contributed by atoms with Gasteiger partial charge in [-0.3, -0.25) is 5.73 Å². The predicted octanol–water partition coefficient (Wildman–Crippen LogP) is 3.78. The first-order chi connectivity index (χ1) is 7.90. The Morgan fingerprint density at radius 3 is 2.38 bits per heavy atom. The standard InChI is InChI=1S/C15H12N/c16-10-12-5-3-7-15-13-6-2-1-4-11(13)8-9-14(12)15/h1-9,16H,10H2. The Morgan fingerprint density at radius 2 is 1.50 bits per heavy atom. The summed E-state index contributed by atoms with van der Waals surface area (Å²) in [4.78, 5) is 0. The molecule has 1 heteroatoms. The van der Waals surface area contributed by atoms with Crippen LogP contribution in [0.5, 0.6) is 0 Å². The van der Waals surface area contributed by atoms with Gasteiger partial charge in [0.1, 0.15) is 0 Å². The highest BCUT2D eigenvalue weighted by Gasteiger charge is 2.02. The molecule has 0 saturated heterocycles. The monoisotopic (exact) mass is 206 g/mol. The molecule has 0 aromatic heterocycles. The van der Waals surface area contributed by atoms with Gasteiger partial charge in [0.2, 0.25) is 0 Å². The van der Waals surface area contributed by atoms with Crippen LogP contribution in [-0.4, -0.2) is 0 Å². The Hall–Kier alpha value is -1.86. The minimum atomic E-state index is 0.343. The maximum absolute atomic E-state index is 7.53. The van der Waals surface area contributed by atoms with E-state index in [1.807, 2.05) is 12.1 Å². The van der Waals surface area contributed by atoms with Crippen molar-refractivity contribution in [3.63, 3.8) is 0 Å². The van der Waals surface area contributed by atoms with Crippen LogP contribution in [0.3, 0.4) is 0 Å². The lowest BCUT2D eigenvalue weighted by Gasteiger charge is -2.07. The minimum Gasteiger partial charge on any atom is -0.253 e. The molecule has 0 fully saturated rings. The van der Waals surface area contributed by atoms with Gasteiger partial charge in [-0.25, -0.2) is 0 Å². The van der Waals surface area contributed by atoms with Crippen molar-refractivity contribution in [1.82, 2.24) is 5.73 Å². The van der Waals surface area contributed by atoms with E-state index < -0.39 is 0 Å². The van der Waals surface area contributed by atoms with Crippen molar-refractivity contribution in [3.05, 3.63) is 60.2 Å². The number of hydrogen-bond acceptors (Lipinski definition) is 0. The molecule has 0 saturated carbocycles. The number of fused-ring (bicyclic) bond motifs is 3. The van der Waals surface area contributed by atoms with Gasteiger partial charge in [0.05, 0.1) is 0 Å². The van der Waals surface area contributed by atoms with Gasteiger partial charge in [0, 0.05) is 6.54 Å². The van der Waals surface area contributed by atoms with E-state index in [2.05, 4.69) is 42.5 Å². The number of benzene rings is 3. The zero-order valence-electron chi connectivity index (χ0n) is 8.90. The summed E-state index contributed by atoms with van der Waals surface area (Å²) in [5.41, 5.74) is 8.63. The highest BCUT2D eigenvalue weighted by Crippen LogP contribution is 2.27. The first-order valence-electron chi connectivity index (χ1n) is 5.44. The molecule has 3 aromatic carbocycles. The van der Waals surface area contributed by atoms with Gasteiger partial charge in [-0.15, -0.1) is 0 Å². The Labute approximate surface area is 94.5 Å². The van der Waals surface area contributed by atoms with Crippen LogP contribution in [0.15, 0.2) is 54.6 Å². The highest BCUT2D eigenvalue weighted by molar-refractivity contribution is 6.08. The second kappa shape index (κ2) is 3.62. The highest BCUT2D eigenvalue weighted by atomic mass is 14.5. The first kappa shape index (κ1) is 9.37. The van der Waals surface area contributed by atoms with Crippen molar-refractivity contribution >= 4 is 21.5 Å². The van der Waals surface area contributed by atoms with Crippen molar-refractivity contribution in [1.29, 1.82) is 0 Å². The van der Waals surface area contributed by atoms with Crippen molar-refractivity contribution in [2.24, 2.45) is 0 Å². The van der Waals surface area contributed by atoms with E-state index >= 15 is 0 Å². The molecule has 0 bridgehead atoms. The van der Waals surface area contributed by atoms with Crippen LogP contribution in [0.2, 0.25) is 0 Å². The third kappa shape index (κ3) is 1.29. The number of hydrogen-bond donors (Lipinski definition) is 0. The Bertz CT molecular complexity index is 656. The lowest BCUT2D eigenvalue weighted by Crippen LogP contribution is -1.87. The first-order valence-corrected chi connectivity index (χ1v) is 5.44. The van der Waals surface area contributed by atoms with Crippen molar-refractivity contribution < 1.29 is 0 Å². The predicted molar refractivity (Wildman–Crippen MR) is 68.3 cm³/mol. The molecule has 16 heavy (non-hydrogen) atoms. The summed E-state index contributed by atoms with van der Waals surface area (Å²) < 4.78 is 0. The van der Waals surface area contributed by atoms with E-state index in [9.17, 15) is 0 Å². The molecule has 0 aliphatic heterocycles. The van der Waals surface area contributed by atoms with E-state index in [1.54, 1.807) is 0 Å². The summed E-state index contributed by atoms with van der Waals surface area (Å²) in [5, 5.41) is 4.99. The van der Waals surface area contributed by atoms with Gasteiger partial charge >= 0.3 is 0 Å². The molecule has 0 heterocycles. The zero-order valence-corrected chi connectivity index (χ0v) is 8.90. The summed E-state index contributed by atoms with van der Waals surface area (Å²) in [7, 11) is 0. The van der Waals surface area contributed by atoms with Gasteiger partial charge in [-0.1, -0.05) is 54.6 Å². The normalized spacial score (nSPS) is 11.1. The molecule has 1 nitrogen and oxygen atoms in total. The largest absolute Gasteiger partial charge is 0.253 e. The molecular weight excluding hydrogens is 194 g/mol. The zero-order chi connectivity index (χ0) is 11.0. The SMILES string of the molecule is [NH]Cc1cccc2c1ccc1ccccc12. The summed E-state index contributed by atoms with van der Waals surface area (Å²) in [6, 6.07) is 18.9. The molecule has 0 spiro atoms. The quantitative estimate of drug-likeness (QED) is 0.541. The molecule has 1 N–H and O–H groups in total. The fourth-order valence-corrected chi connectivity index (χ4v) is 2.26. The smallest absolute Gasteiger partial charge is 0.0357 e. The van der Waals surface area contributed by atoms with Gasteiger partial charge in [0.15, 0.2) is 0 Å². The molecule has 0 amide bonds. The fraction of sp³-hybridized carbons (Fsp3) is 0.0667. The maximum atomic E-state index is 7.53. The van der Waals surface area contributed by atoms with Gasteiger partial charge in [-0.2, -0.15) is 0 Å². The van der Waals surface area contributed by atoms with E-state index in [0.717, 1.165) is 5.56 Å². The second-order valence-electron chi connectivity index (χ2n) is 3.98.